The monoisotopic (exact) mass is 453 g/mol. The van der Waals surface area contributed by atoms with E-state index in [9.17, 15) is 4.79 Å². The highest BCUT2D eigenvalue weighted by Gasteiger charge is 2.35. The van der Waals surface area contributed by atoms with E-state index in [0.717, 1.165) is 38.5 Å². The third-order valence-electron chi connectivity index (χ3n) is 4.88. The quantitative estimate of drug-likeness (QED) is 0.656. The summed E-state index contributed by atoms with van der Waals surface area (Å²) in [4.78, 5) is 16.9. The Kier molecular flexibility index (Phi) is 6.06. The Balaban J connectivity index is 1.73. The van der Waals surface area contributed by atoms with E-state index in [0.29, 0.717) is 11.8 Å². The molecule has 2 aliphatic rings. The maximum absolute atomic E-state index is 12.7. The van der Waals surface area contributed by atoms with Crippen molar-refractivity contribution in [1.82, 2.24) is 9.58 Å². The number of fused-ring (bicyclic) bond motifs is 1. The fourth-order valence-corrected chi connectivity index (χ4v) is 5.36. The first-order valence-electron chi connectivity index (χ1n) is 9.98. The lowest BCUT2D eigenvalue weighted by Gasteiger charge is -2.20. The molecule has 0 bridgehead atoms. The molecule has 160 valence electrons. The number of carbonyl (C=O) groups is 1. The number of carbonyl (C=O) groups excluding carboxylic acids is 1. The highest BCUT2D eigenvalue weighted by molar-refractivity contribution is 8.45. The number of aliphatic imine (C=N–C) groups is 1. The Morgan fingerprint density at radius 1 is 1.26 bits per heavy atom. The number of para-hydroxylation sites is 2. The van der Waals surface area contributed by atoms with Gasteiger partial charge in [-0.15, -0.1) is 5.10 Å². The van der Waals surface area contributed by atoms with Crippen molar-refractivity contribution in [2.24, 2.45) is 10.1 Å². The van der Waals surface area contributed by atoms with Gasteiger partial charge in [0, 0.05) is 11.4 Å². The molecule has 0 unspecified atom stereocenters. The summed E-state index contributed by atoms with van der Waals surface area (Å²) >= 11 is 2.90. The van der Waals surface area contributed by atoms with Crippen molar-refractivity contribution in [2.75, 3.05) is 12.4 Å². The normalized spacial score (nSPS) is 17.2. The summed E-state index contributed by atoms with van der Waals surface area (Å²) in [5.74, 6) is 1.30. The van der Waals surface area contributed by atoms with Crippen LogP contribution >= 0.6 is 23.5 Å². The van der Waals surface area contributed by atoms with Gasteiger partial charge in [0.25, 0.3) is 5.91 Å². The van der Waals surface area contributed by atoms with Crippen LogP contribution in [0.3, 0.4) is 0 Å². The molecule has 1 amide bonds. The number of amides is 1. The minimum absolute atomic E-state index is 0.0497. The topological polar surface area (TPSA) is 83.0 Å². The van der Waals surface area contributed by atoms with E-state index in [1.165, 1.54) is 16.8 Å². The fraction of sp³-hybridized carbons (Fsp3) is 0.273. The van der Waals surface area contributed by atoms with Gasteiger partial charge in [0.1, 0.15) is 5.75 Å². The maximum atomic E-state index is 12.7. The predicted molar refractivity (Wildman–Crippen MR) is 130 cm³/mol. The maximum Gasteiger partial charge on any atom is 0.283 e. The summed E-state index contributed by atoms with van der Waals surface area (Å²) in [5, 5.41) is 14.9. The molecule has 0 aliphatic carbocycles. The number of aromatic nitrogens is 1. The number of aryl methyl sites for hydroxylation is 1. The van der Waals surface area contributed by atoms with Crippen molar-refractivity contribution in [1.29, 1.82) is 5.41 Å². The zero-order chi connectivity index (χ0) is 22.1. The molecule has 1 aromatic carbocycles. The summed E-state index contributed by atoms with van der Waals surface area (Å²) in [6.45, 7) is 8.58. The second-order valence-corrected chi connectivity index (χ2v) is 9.35. The number of ether oxygens (including phenoxy) is 1. The second-order valence-electron chi connectivity index (χ2n) is 6.88. The summed E-state index contributed by atoms with van der Waals surface area (Å²) in [6, 6.07) is 9.88. The van der Waals surface area contributed by atoms with Crippen molar-refractivity contribution in [2.45, 2.75) is 27.7 Å². The molecule has 1 N–H and O–H groups in total. The van der Waals surface area contributed by atoms with E-state index in [2.05, 4.69) is 14.7 Å². The molecule has 0 fully saturated rings. The highest BCUT2D eigenvalue weighted by Crippen LogP contribution is 2.33. The number of hydrazone groups is 1. The van der Waals surface area contributed by atoms with Crippen LogP contribution in [0.4, 0.5) is 0 Å². The molecular weight excluding hydrogens is 430 g/mol. The second kappa shape index (κ2) is 8.76. The van der Waals surface area contributed by atoms with Gasteiger partial charge in [0.2, 0.25) is 5.17 Å². The summed E-state index contributed by atoms with van der Waals surface area (Å²) in [6.07, 6.45) is 1.73. The fourth-order valence-electron chi connectivity index (χ4n) is 3.54. The summed E-state index contributed by atoms with van der Waals surface area (Å²) in [5.41, 5.74) is 3.99. The van der Waals surface area contributed by atoms with Crippen LogP contribution < -0.4 is 4.74 Å². The van der Waals surface area contributed by atoms with Gasteiger partial charge >= 0.3 is 0 Å². The van der Waals surface area contributed by atoms with E-state index in [-0.39, 0.29) is 11.4 Å². The minimum atomic E-state index is -0.416. The Labute approximate surface area is 189 Å². The van der Waals surface area contributed by atoms with Gasteiger partial charge in [-0.3, -0.25) is 10.2 Å². The number of nitrogens with one attached hydrogen (secondary N) is 1. The molecule has 1 aromatic heterocycles. The van der Waals surface area contributed by atoms with E-state index in [1.807, 2.05) is 58.0 Å². The van der Waals surface area contributed by atoms with Crippen molar-refractivity contribution < 1.29 is 9.53 Å². The molecule has 0 atom stereocenters. The van der Waals surface area contributed by atoms with Gasteiger partial charge in [0.15, 0.2) is 10.2 Å². The van der Waals surface area contributed by atoms with Crippen LogP contribution in [0.5, 0.6) is 5.75 Å². The number of thioether (sulfide) groups is 2. The van der Waals surface area contributed by atoms with Crippen LogP contribution in [0.15, 0.2) is 46.0 Å². The molecule has 0 spiro atoms. The minimum Gasteiger partial charge on any atom is -0.492 e. The summed E-state index contributed by atoms with van der Waals surface area (Å²) < 4.78 is 8.70. The first kappa shape index (κ1) is 21.5. The van der Waals surface area contributed by atoms with E-state index < -0.39 is 5.91 Å². The molecule has 7 nitrogen and oxygen atoms in total. The average Bonchev–Trinajstić information content (AvgIpc) is 3.26. The Bertz CT molecular complexity index is 1160. The first-order valence-corrected chi connectivity index (χ1v) is 11.8. The predicted octanol–water partition coefficient (Wildman–Crippen LogP) is 4.82. The molecule has 2 aliphatic heterocycles. The number of benzene rings is 1. The number of rotatable bonds is 5. The first-order chi connectivity index (χ1) is 14.9. The molecule has 4 rings (SSSR count). The van der Waals surface area contributed by atoms with Crippen LogP contribution in [-0.4, -0.2) is 43.2 Å². The average molecular weight is 454 g/mol. The summed E-state index contributed by atoms with van der Waals surface area (Å²) in [7, 11) is 0. The lowest BCUT2D eigenvalue weighted by Crippen LogP contribution is -2.35. The highest BCUT2D eigenvalue weighted by atomic mass is 32.2. The smallest absolute Gasteiger partial charge is 0.283 e. The van der Waals surface area contributed by atoms with E-state index >= 15 is 0 Å². The van der Waals surface area contributed by atoms with Crippen LogP contribution in [0, 0.1) is 19.3 Å². The Morgan fingerprint density at radius 3 is 2.77 bits per heavy atom. The third-order valence-corrected chi connectivity index (χ3v) is 6.80. The zero-order valence-electron chi connectivity index (χ0n) is 17.8. The molecule has 3 heterocycles. The van der Waals surface area contributed by atoms with Gasteiger partial charge in [-0.05, 0) is 68.1 Å². The molecule has 2 aromatic rings. The van der Waals surface area contributed by atoms with Gasteiger partial charge in [0.05, 0.1) is 17.9 Å². The molecule has 9 heteroatoms. The van der Waals surface area contributed by atoms with Gasteiger partial charge < -0.3 is 9.30 Å². The van der Waals surface area contributed by atoms with Crippen LogP contribution in [-0.2, 0) is 4.79 Å². The van der Waals surface area contributed by atoms with Crippen LogP contribution in [0.1, 0.15) is 30.8 Å². The van der Waals surface area contributed by atoms with Crippen LogP contribution in [0.25, 0.3) is 11.8 Å². The van der Waals surface area contributed by atoms with Crippen molar-refractivity contribution in [3.63, 3.8) is 0 Å². The Morgan fingerprint density at radius 2 is 2.03 bits per heavy atom. The van der Waals surface area contributed by atoms with E-state index in [4.69, 9.17) is 10.1 Å². The van der Waals surface area contributed by atoms with Gasteiger partial charge in [-0.25, -0.2) is 0 Å². The largest absolute Gasteiger partial charge is 0.492 e. The zero-order valence-corrected chi connectivity index (χ0v) is 19.4. The number of hydrogen-bond acceptors (Lipinski definition) is 6. The lowest BCUT2D eigenvalue weighted by atomic mass is 10.1. The molecular formula is C22H23N5O2S2. The third kappa shape index (κ3) is 3.95. The molecule has 0 radical (unpaired) electrons. The lowest BCUT2D eigenvalue weighted by molar-refractivity contribution is -0.114. The van der Waals surface area contributed by atoms with Gasteiger partial charge in [-0.2, -0.15) is 10.0 Å². The van der Waals surface area contributed by atoms with E-state index in [1.54, 1.807) is 17.8 Å². The van der Waals surface area contributed by atoms with Crippen LogP contribution in [0.2, 0.25) is 0 Å². The molecule has 0 saturated carbocycles. The standard InChI is InChI=1S/C22H23N5O2S2/c1-5-29-18-10-8-7-9-17(18)26-13(3)11-15(14(26)4)12-16-19(23)27-21(24-20(16)28)31-22(25-27)30-6-2/h7-12,23H,5-6H2,1-4H3/b16-12-,23-19?. The Hall–Kier alpha value is -2.78. The van der Waals surface area contributed by atoms with Gasteiger partial charge in [-0.1, -0.05) is 30.8 Å². The SMILES string of the molecule is CCOc1ccccc1-n1c(C)cc(/C=C2/C(=N)N3N=C(SCC)SC3=NC2=O)c1C. The number of amidine groups is 2. The number of nitrogens with zero attached hydrogens (tertiary/aromatic N) is 4. The molecule has 0 saturated heterocycles. The van der Waals surface area contributed by atoms with Crippen molar-refractivity contribution in [3.8, 4) is 11.4 Å². The van der Waals surface area contributed by atoms with Crippen molar-refractivity contribution >= 4 is 50.9 Å². The molecule has 31 heavy (non-hydrogen) atoms. The number of hydrogen-bond donors (Lipinski definition) is 1. The van der Waals surface area contributed by atoms with Crippen molar-refractivity contribution in [3.05, 3.63) is 52.9 Å².